The summed E-state index contributed by atoms with van der Waals surface area (Å²) in [6.07, 6.45) is 1.22. The van der Waals surface area contributed by atoms with Crippen LogP contribution in [0, 0.1) is 12.7 Å². The van der Waals surface area contributed by atoms with Crippen molar-refractivity contribution < 1.29 is 21.8 Å². The lowest BCUT2D eigenvalue weighted by molar-refractivity contribution is -0.922. The lowest BCUT2D eigenvalue weighted by Crippen LogP contribution is -2.50. The molecule has 0 radical (unpaired) electrons. The Morgan fingerprint density at radius 3 is 2.07 bits per heavy atom. The highest BCUT2D eigenvalue weighted by molar-refractivity contribution is 7.85. The van der Waals surface area contributed by atoms with Crippen LogP contribution >= 0.6 is 0 Å². The molecule has 0 spiro atoms. The number of halogens is 1. The Hall–Kier alpha value is -1.96. The van der Waals surface area contributed by atoms with Crippen molar-refractivity contribution in [2.75, 3.05) is 44.2 Å². The van der Waals surface area contributed by atoms with E-state index in [0.717, 1.165) is 24.3 Å². The van der Waals surface area contributed by atoms with Crippen LogP contribution in [0.1, 0.15) is 25.8 Å². The maximum Gasteiger partial charge on any atom is 0.124 e. The van der Waals surface area contributed by atoms with Gasteiger partial charge in [-0.3, -0.25) is 0 Å². The van der Waals surface area contributed by atoms with E-state index in [9.17, 15) is 17.4 Å². The summed E-state index contributed by atoms with van der Waals surface area (Å²) in [7, 11) is -4.27. The molecule has 5 nitrogen and oxygen atoms in total. The Balaban J connectivity index is 0.000000234. The molecule has 1 heterocycles. The zero-order valence-electron chi connectivity index (χ0n) is 17.5. The van der Waals surface area contributed by atoms with Crippen molar-refractivity contribution in [3.05, 3.63) is 59.9 Å². The van der Waals surface area contributed by atoms with Crippen molar-refractivity contribution in [2.24, 2.45) is 0 Å². The summed E-state index contributed by atoms with van der Waals surface area (Å²) >= 11 is 0. The summed E-state index contributed by atoms with van der Waals surface area (Å²) in [5.74, 6) is -0.152. The van der Waals surface area contributed by atoms with Gasteiger partial charge in [-0.1, -0.05) is 17.7 Å². The predicted octanol–water partition coefficient (Wildman–Crippen LogP) is 3.79. The lowest BCUT2D eigenvalue weighted by Gasteiger charge is -2.35. The molecule has 29 heavy (non-hydrogen) atoms. The number of likely N-dealkylation sites (N-methyl/N-ethyl adjacent to an activating group) is 1. The van der Waals surface area contributed by atoms with Gasteiger partial charge >= 0.3 is 0 Å². The van der Waals surface area contributed by atoms with Crippen LogP contribution < -0.4 is 4.90 Å². The van der Waals surface area contributed by atoms with Crippen LogP contribution in [-0.4, -0.2) is 56.7 Å². The van der Waals surface area contributed by atoms with E-state index in [1.807, 2.05) is 19.1 Å². The van der Waals surface area contributed by atoms with Gasteiger partial charge in [0.15, 0.2) is 0 Å². The molecule has 1 aliphatic rings. The fourth-order valence-corrected chi connectivity index (χ4v) is 4.09. The second kappa shape index (κ2) is 10.2. The molecule has 3 rings (SSSR count). The summed E-state index contributed by atoms with van der Waals surface area (Å²) in [5, 5.41) is 0. The van der Waals surface area contributed by atoms with Gasteiger partial charge in [0.05, 0.1) is 37.6 Å². The van der Waals surface area contributed by atoms with E-state index >= 15 is 0 Å². The molecule has 1 fully saturated rings. The maximum atomic E-state index is 12.9. The van der Waals surface area contributed by atoms with Gasteiger partial charge in [0.1, 0.15) is 15.9 Å². The monoisotopic (exact) mass is 422 g/mol. The maximum absolute atomic E-state index is 12.9. The van der Waals surface area contributed by atoms with Gasteiger partial charge in [0.25, 0.3) is 0 Å². The van der Waals surface area contributed by atoms with Crippen LogP contribution in [0.15, 0.2) is 53.4 Å². The third-order valence-corrected chi connectivity index (χ3v) is 6.60. The highest BCUT2D eigenvalue weighted by atomic mass is 32.2. The quantitative estimate of drug-likeness (QED) is 0.556. The molecular weight excluding hydrogens is 391 g/mol. The van der Waals surface area contributed by atoms with Gasteiger partial charge in [-0.2, -0.15) is 0 Å². The highest BCUT2D eigenvalue weighted by Crippen LogP contribution is 2.20. The Morgan fingerprint density at radius 1 is 0.966 bits per heavy atom. The number of hydrogen-bond acceptors (Lipinski definition) is 4. The fraction of sp³-hybridized carbons (Fsp3) is 0.455. The molecule has 2 aromatic rings. The minimum atomic E-state index is -4.27. The van der Waals surface area contributed by atoms with Crippen LogP contribution in [0.5, 0.6) is 0 Å². The first kappa shape index (κ1) is 23.3. The van der Waals surface area contributed by atoms with Gasteiger partial charge in [0, 0.05) is 18.7 Å². The molecule has 0 saturated carbocycles. The van der Waals surface area contributed by atoms with E-state index in [1.54, 1.807) is 24.3 Å². The van der Waals surface area contributed by atoms with Crippen LogP contribution in [-0.2, 0) is 10.1 Å². The highest BCUT2D eigenvalue weighted by Gasteiger charge is 2.27. The summed E-state index contributed by atoms with van der Waals surface area (Å²) in [4.78, 5) is 2.22. The minimum absolute atomic E-state index is 0.152. The number of anilines is 1. The number of rotatable bonds is 4. The fourth-order valence-electron chi connectivity index (χ4n) is 3.62. The molecule has 0 unspecified atom stereocenters. The minimum Gasteiger partial charge on any atom is -0.744 e. The molecule has 2 aromatic carbocycles. The summed E-state index contributed by atoms with van der Waals surface area (Å²) in [6, 6.07) is 12.7. The Bertz CT molecular complexity index is 864. The van der Waals surface area contributed by atoms with Gasteiger partial charge in [-0.25, -0.2) is 12.8 Å². The van der Waals surface area contributed by atoms with Crippen molar-refractivity contribution in [1.29, 1.82) is 0 Å². The molecule has 0 atom stereocenters. The van der Waals surface area contributed by atoms with Crippen LogP contribution in [0.25, 0.3) is 0 Å². The molecule has 0 amide bonds. The van der Waals surface area contributed by atoms with Gasteiger partial charge < -0.3 is 13.9 Å². The Morgan fingerprint density at radius 2 is 1.55 bits per heavy atom. The normalized spacial score (nSPS) is 16.5. The molecule has 0 bridgehead atoms. The second-order valence-electron chi connectivity index (χ2n) is 7.51. The summed E-state index contributed by atoms with van der Waals surface area (Å²) < 4.78 is 45.3. The third kappa shape index (κ3) is 6.80. The second-order valence-corrected chi connectivity index (χ2v) is 8.89. The van der Waals surface area contributed by atoms with Crippen LogP contribution in [0.3, 0.4) is 0 Å². The number of benzene rings is 2. The van der Waals surface area contributed by atoms with Crippen LogP contribution in [0.4, 0.5) is 10.1 Å². The number of aryl methyl sites for hydroxylation is 1. The molecule has 0 aromatic heterocycles. The van der Waals surface area contributed by atoms with Gasteiger partial charge in [-0.15, -0.1) is 0 Å². The van der Waals surface area contributed by atoms with E-state index < -0.39 is 10.1 Å². The number of quaternary nitrogens is 1. The first-order valence-electron chi connectivity index (χ1n) is 10.1. The van der Waals surface area contributed by atoms with E-state index in [2.05, 4.69) is 18.7 Å². The Labute approximate surface area is 174 Å². The molecule has 7 heteroatoms. The van der Waals surface area contributed by atoms with E-state index in [-0.39, 0.29) is 10.7 Å². The predicted molar refractivity (Wildman–Crippen MR) is 113 cm³/mol. The zero-order valence-corrected chi connectivity index (χ0v) is 18.3. The molecule has 0 aliphatic carbocycles. The molecule has 1 aliphatic heterocycles. The standard InChI is InChI=1S/C15H24FN2.C7H8O3S/c1-3-18(4-2)12-5-10-17(11-13-18)15-8-6-14(16)7-9-15;1-6-2-4-7(5-3-6)11(8,9)10/h6-9H,3-5,10-13H2,1-2H3;2-5H,1H3,(H,8,9,10)/q+1;/p-1. The van der Waals surface area contributed by atoms with Crippen molar-refractivity contribution >= 4 is 15.8 Å². The van der Waals surface area contributed by atoms with Gasteiger partial charge in [-0.05, 0) is 57.2 Å². The molecule has 1 saturated heterocycles. The Kier molecular flexibility index (Phi) is 8.19. The zero-order chi connectivity index (χ0) is 21.5. The average Bonchev–Trinajstić information content (AvgIpc) is 2.92. The number of hydrogen-bond donors (Lipinski definition) is 0. The molecule has 160 valence electrons. The van der Waals surface area contributed by atoms with Crippen molar-refractivity contribution in [3.63, 3.8) is 0 Å². The van der Waals surface area contributed by atoms with Crippen molar-refractivity contribution in [3.8, 4) is 0 Å². The topological polar surface area (TPSA) is 60.4 Å². The SMILES string of the molecule is CC[N+]1(CC)CCCN(c2ccc(F)cc2)CC1.Cc1ccc(S(=O)(=O)[O-])cc1. The summed E-state index contributed by atoms with van der Waals surface area (Å²) in [5.41, 5.74) is 2.08. The third-order valence-electron chi connectivity index (χ3n) is 5.75. The lowest BCUT2D eigenvalue weighted by atomic mass is 10.2. The smallest absolute Gasteiger partial charge is 0.124 e. The van der Waals surface area contributed by atoms with Crippen molar-refractivity contribution in [1.82, 2.24) is 0 Å². The summed E-state index contributed by atoms with van der Waals surface area (Å²) in [6.45, 7) is 13.5. The van der Waals surface area contributed by atoms with E-state index in [1.165, 1.54) is 49.2 Å². The largest absolute Gasteiger partial charge is 0.744 e. The van der Waals surface area contributed by atoms with E-state index in [4.69, 9.17) is 0 Å². The van der Waals surface area contributed by atoms with Gasteiger partial charge in [0.2, 0.25) is 0 Å². The number of nitrogens with zero attached hydrogens (tertiary/aromatic N) is 2. The van der Waals surface area contributed by atoms with E-state index in [0.29, 0.717) is 0 Å². The van der Waals surface area contributed by atoms with Crippen LogP contribution in [0.2, 0.25) is 0 Å². The first-order valence-corrected chi connectivity index (χ1v) is 11.5. The molecule has 0 N–H and O–H groups in total. The molecular formula is C22H31FN2O3S. The van der Waals surface area contributed by atoms with Crippen molar-refractivity contribution in [2.45, 2.75) is 32.1 Å². The first-order chi connectivity index (χ1) is 13.7. The average molecular weight is 423 g/mol.